The van der Waals surface area contributed by atoms with Gasteiger partial charge in [-0.05, 0) is 12.8 Å². The molecular weight excluding hydrogens is 461 g/mol. The largest absolute Gasteiger partial charge is 0.472 e. The third-order valence-electron chi connectivity index (χ3n) is 5.24. The molecule has 1 unspecified atom stereocenters. The fraction of sp³-hybridized carbons (Fsp3) is 0.917. The predicted molar refractivity (Wildman–Crippen MR) is 132 cm³/mol. The quantitative estimate of drug-likeness (QED) is 0.0992. The molecule has 10 heteroatoms. The van der Waals surface area contributed by atoms with Crippen LogP contribution in [0, 0.1) is 0 Å². The monoisotopic (exact) mass is 509 g/mol. The van der Waals surface area contributed by atoms with Crippen LogP contribution in [0.1, 0.15) is 110 Å². The summed E-state index contributed by atoms with van der Waals surface area (Å²) in [5.74, 6) is -0.847. The molecule has 0 bridgehead atoms. The number of rotatable bonds is 24. The zero-order valence-corrected chi connectivity index (χ0v) is 22.2. The average molecular weight is 510 g/mol. The van der Waals surface area contributed by atoms with Crippen LogP contribution in [0.5, 0.6) is 0 Å². The van der Waals surface area contributed by atoms with Gasteiger partial charge in [0.1, 0.15) is 6.61 Å². The molecule has 34 heavy (non-hydrogen) atoms. The van der Waals surface area contributed by atoms with E-state index in [0.29, 0.717) is 6.42 Å². The van der Waals surface area contributed by atoms with Crippen LogP contribution in [0.15, 0.2) is 0 Å². The third kappa shape index (κ3) is 21.5. The number of carbonyl (C=O) groups is 2. The number of hydrogen-bond acceptors (Lipinski definition) is 8. The molecule has 0 aliphatic rings. The number of phosphoric acid groups is 1. The standard InChI is InChI=1S/C24H48NO8P/c1-3-5-7-9-11-13-15-17-24(27)33-22(21-32-34(28,29)31-19-18-25)20-30-23(26)16-14-12-10-8-6-4-2/h22H,3-21,25H2,1-2H3,(H,28,29)/t22-/m1/s1. The summed E-state index contributed by atoms with van der Waals surface area (Å²) in [5, 5.41) is 0. The summed E-state index contributed by atoms with van der Waals surface area (Å²) in [6, 6.07) is 0. The average Bonchev–Trinajstić information content (AvgIpc) is 2.81. The molecule has 2 atom stereocenters. The lowest BCUT2D eigenvalue weighted by Gasteiger charge is -2.19. The smallest absolute Gasteiger partial charge is 0.462 e. The molecule has 0 radical (unpaired) electrons. The Morgan fingerprint density at radius 1 is 0.765 bits per heavy atom. The summed E-state index contributed by atoms with van der Waals surface area (Å²) in [5.41, 5.74) is 5.26. The second kappa shape index (κ2) is 22.5. The van der Waals surface area contributed by atoms with E-state index in [2.05, 4.69) is 18.4 Å². The van der Waals surface area contributed by atoms with Gasteiger partial charge in [-0.25, -0.2) is 4.57 Å². The molecule has 0 saturated carbocycles. The first-order valence-electron chi connectivity index (χ1n) is 13.0. The van der Waals surface area contributed by atoms with E-state index in [1.807, 2.05) is 0 Å². The number of phosphoric ester groups is 1. The van der Waals surface area contributed by atoms with Crippen molar-refractivity contribution in [3.8, 4) is 0 Å². The summed E-state index contributed by atoms with van der Waals surface area (Å²) in [7, 11) is -4.34. The van der Waals surface area contributed by atoms with E-state index in [-0.39, 0.29) is 32.6 Å². The molecule has 202 valence electrons. The van der Waals surface area contributed by atoms with Crippen molar-refractivity contribution in [2.75, 3.05) is 26.4 Å². The van der Waals surface area contributed by atoms with Crippen LogP contribution >= 0.6 is 7.82 Å². The van der Waals surface area contributed by atoms with Crippen molar-refractivity contribution < 1.29 is 37.6 Å². The second-order valence-corrected chi connectivity index (χ2v) is 10.0. The highest BCUT2D eigenvalue weighted by Gasteiger charge is 2.25. The molecule has 0 rings (SSSR count). The Labute approximate surface area is 206 Å². The molecule has 0 aliphatic heterocycles. The van der Waals surface area contributed by atoms with Crippen molar-refractivity contribution in [3.05, 3.63) is 0 Å². The minimum absolute atomic E-state index is 0.0564. The first kappa shape index (κ1) is 33.0. The van der Waals surface area contributed by atoms with Gasteiger partial charge in [0.15, 0.2) is 6.10 Å². The summed E-state index contributed by atoms with van der Waals surface area (Å²) in [6.07, 6.45) is 13.3. The third-order valence-corrected chi connectivity index (χ3v) is 6.23. The van der Waals surface area contributed by atoms with Gasteiger partial charge in [-0.3, -0.25) is 18.6 Å². The molecule has 0 aromatic rings. The van der Waals surface area contributed by atoms with Crippen LogP contribution in [0.3, 0.4) is 0 Å². The first-order valence-corrected chi connectivity index (χ1v) is 14.5. The van der Waals surface area contributed by atoms with Gasteiger partial charge in [-0.1, -0.05) is 84.5 Å². The van der Waals surface area contributed by atoms with Gasteiger partial charge in [0.25, 0.3) is 0 Å². The molecule has 3 N–H and O–H groups in total. The lowest BCUT2D eigenvalue weighted by molar-refractivity contribution is -0.161. The van der Waals surface area contributed by atoms with Crippen molar-refractivity contribution in [3.63, 3.8) is 0 Å². The minimum atomic E-state index is -4.34. The van der Waals surface area contributed by atoms with Crippen molar-refractivity contribution in [2.24, 2.45) is 5.73 Å². The minimum Gasteiger partial charge on any atom is -0.462 e. The molecule has 0 heterocycles. The Morgan fingerprint density at radius 2 is 1.26 bits per heavy atom. The highest BCUT2D eigenvalue weighted by molar-refractivity contribution is 7.47. The highest BCUT2D eigenvalue weighted by Crippen LogP contribution is 2.43. The number of esters is 2. The van der Waals surface area contributed by atoms with Crippen LogP contribution in [0.25, 0.3) is 0 Å². The predicted octanol–water partition coefficient (Wildman–Crippen LogP) is 5.43. The fourth-order valence-electron chi connectivity index (χ4n) is 3.28. The van der Waals surface area contributed by atoms with Crippen LogP contribution in [-0.4, -0.2) is 49.3 Å². The normalized spacial score (nSPS) is 13.9. The fourth-order valence-corrected chi connectivity index (χ4v) is 4.04. The van der Waals surface area contributed by atoms with Crippen molar-refractivity contribution in [1.82, 2.24) is 0 Å². The maximum atomic E-state index is 12.2. The Kier molecular flexibility index (Phi) is 21.8. The molecule has 0 aromatic heterocycles. The number of nitrogens with two attached hydrogens (primary N) is 1. The van der Waals surface area contributed by atoms with Gasteiger partial charge in [-0.15, -0.1) is 0 Å². The van der Waals surface area contributed by atoms with E-state index < -0.39 is 32.5 Å². The Morgan fingerprint density at radius 3 is 1.79 bits per heavy atom. The second-order valence-electron chi connectivity index (χ2n) is 8.57. The summed E-state index contributed by atoms with van der Waals surface area (Å²) in [4.78, 5) is 33.9. The summed E-state index contributed by atoms with van der Waals surface area (Å²) < 4.78 is 32.1. The molecule has 0 aromatic carbocycles. The van der Waals surface area contributed by atoms with Crippen LogP contribution < -0.4 is 5.73 Å². The SMILES string of the molecule is CCCCCCCCCC(=O)O[C@H](COC(=O)CCCCCCCC)COP(=O)(O)OCCN. The van der Waals surface area contributed by atoms with Gasteiger partial charge in [0, 0.05) is 19.4 Å². The lowest BCUT2D eigenvalue weighted by Crippen LogP contribution is -2.29. The molecule has 0 spiro atoms. The van der Waals surface area contributed by atoms with Gasteiger partial charge in [0.05, 0.1) is 13.2 Å². The van der Waals surface area contributed by atoms with Crippen LogP contribution in [0.2, 0.25) is 0 Å². The van der Waals surface area contributed by atoms with Crippen molar-refractivity contribution in [2.45, 2.75) is 116 Å². The maximum absolute atomic E-state index is 12.2. The van der Waals surface area contributed by atoms with E-state index in [9.17, 15) is 19.0 Å². The lowest BCUT2D eigenvalue weighted by atomic mass is 10.1. The summed E-state index contributed by atoms with van der Waals surface area (Å²) >= 11 is 0. The molecular formula is C24H48NO8P. The molecule has 9 nitrogen and oxygen atoms in total. The van der Waals surface area contributed by atoms with Gasteiger partial charge >= 0.3 is 19.8 Å². The van der Waals surface area contributed by atoms with E-state index in [4.69, 9.17) is 19.7 Å². The molecule has 0 aliphatic carbocycles. The molecule has 0 amide bonds. The Hall–Kier alpha value is -0.990. The number of unbranched alkanes of at least 4 members (excludes halogenated alkanes) is 11. The van der Waals surface area contributed by atoms with E-state index >= 15 is 0 Å². The zero-order valence-electron chi connectivity index (χ0n) is 21.3. The van der Waals surface area contributed by atoms with Gasteiger partial charge in [-0.2, -0.15) is 0 Å². The number of ether oxygens (including phenoxy) is 2. The van der Waals surface area contributed by atoms with Gasteiger partial charge in [0.2, 0.25) is 0 Å². The van der Waals surface area contributed by atoms with Crippen LogP contribution in [0.4, 0.5) is 0 Å². The van der Waals surface area contributed by atoms with E-state index in [0.717, 1.165) is 44.9 Å². The first-order chi connectivity index (χ1) is 16.3. The number of hydrogen-bond donors (Lipinski definition) is 2. The maximum Gasteiger partial charge on any atom is 0.472 e. The highest BCUT2D eigenvalue weighted by atomic mass is 31.2. The summed E-state index contributed by atoms with van der Waals surface area (Å²) in [6.45, 7) is 3.56. The van der Waals surface area contributed by atoms with Crippen molar-refractivity contribution >= 4 is 19.8 Å². The van der Waals surface area contributed by atoms with Gasteiger partial charge < -0.3 is 20.1 Å². The Bertz CT molecular complexity index is 561. The van der Waals surface area contributed by atoms with Crippen molar-refractivity contribution in [1.29, 1.82) is 0 Å². The zero-order chi connectivity index (χ0) is 25.5. The number of carbonyl (C=O) groups excluding carboxylic acids is 2. The van der Waals surface area contributed by atoms with Crippen LogP contribution in [-0.2, 0) is 32.7 Å². The Balaban J connectivity index is 4.44. The van der Waals surface area contributed by atoms with E-state index in [1.165, 1.54) is 32.1 Å². The molecule has 0 fully saturated rings. The molecule has 0 saturated heterocycles. The topological polar surface area (TPSA) is 134 Å². The van der Waals surface area contributed by atoms with E-state index in [1.54, 1.807) is 0 Å².